The predicted octanol–water partition coefficient (Wildman–Crippen LogP) is 4.28. The molecule has 3 aromatic rings. The first-order valence-corrected chi connectivity index (χ1v) is 11.4. The molecule has 0 aliphatic carbocycles. The minimum atomic E-state index is -0.644. The van der Waals surface area contributed by atoms with E-state index in [9.17, 15) is 9.59 Å². The lowest BCUT2D eigenvalue weighted by molar-refractivity contribution is -0.133. The molecular weight excluding hydrogens is 444 g/mol. The molecule has 1 aliphatic heterocycles. The molecule has 0 bridgehead atoms. The van der Waals surface area contributed by atoms with Crippen molar-refractivity contribution in [1.29, 1.82) is 0 Å². The molecule has 35 heavy (non-hydrogen) atoms. The summed E-state index contributed by atoms with van der Waals surface area (Å²) in [5.41, 5.74) is 2.92. The lowest BCUT2D eigenvalue weighted by Gasteiger charge is -2.41. The van der Waals surface area contributed by atoms with Crippen molar-refractivity contribution in [2.75, 3.05) is 35.4 Å². The van der Waals surface area contributed by atoms with E-state index >= 15 is 0 Å². The lowest BCUT2D eigenvalue weighted by atomic mass is 9.79. The van der Waals surface area contributed by atoms with Crippen LogP contribution < -0.4 is 14.2 Å². The second kappa shape index (κ2) is 10.1. The number of hydrogen-bond donors (Lipinski definition) is 0. The van der Waals surface area contributed by atoms with Crippen molar-refractivity contribution in [1.82, 2.24) is 9.80 Å². The quantitative estimate of drug-likeness (QED) is 0.511. The summed E-state index contributed by atoms with van der Waals surface area (Å²) < 4.78 is 16.3. The van der Waals surface area contributed by atoms with E-state index in [-0.39, 0.29) is 11.8 Å². The van der Waals surface area contributed by atoms with E-state index in [4.69, 9.17) is 14.2 Å². The molecule has 1 heterocycles. The highest BCUT2D eigenvalue weighted by atomic mass is 16.5. The largest absolute Gasteiger partial charge is 0.497 e. The van der Waals surface area contributed by atoms with Crippen LogP contribution in [-0.2, 0) is 11.3 Å². The molecule has 7 nitrogen and oxygen atoms in total. The fourth-order valence-corrected chi connectivity index (χ4v) is 4.71. The summed E-state index contributed by atoms with van der Waals surface area (Å²) >= 11 is 0. The Balaban J connectivity index is 1.85. The summed E-state index contributed by atoms with van der Waals surface area (Å²) in [6.45, 7) is 0.450. The van der Waals surface area contributed by atoms with Gasteiger partial charge >= 0.3 is 0 Å². The fourth-order valence-electron chi connectivity index (χ4n) is 4.71. The van der Waals surface area contributed by atoms with Crippen LogP contribution in [0.15, 0.2) is 66.7 Å². The fraction of sp³-hybridized carbons (Fsp3) is 0.286. The van der Waals surface area contributed by atoms with Gasteiger partial charge in [-0.05, 0) is 41.0 Å². The molecule has 0 aromatic heterocycles. The van der Waals surface area contributed by atoms with Gasteiger partial charge in [-0.25, -0.2) is 0 Å². The summed E-state index contributed by atoms with van der Waals surface area (Å²) in [6.07, 6.45) is 0. The maximum absolute atomic E-state index is 14.1. The first-order chi connectivity index (χ1) is 16.9. The van der Waals surface area contributed by atoms with Crippen molar-refractivity contribution < 1.29 is 23.8 Å². The van der Waals surface area contributed by atoms with Crippen molar-refractivity contribution in [2.24, 2.45) is 0 Å². The maximum Gasteiger partial charge on any atom is 0.254 e. The molecule has 0 N–H and O–H groups in total. The zero-order valence-electron chi connectivity index (χ0n) is 20.6. The zero-order chi connectivity index (χ0) is 25.1. The van der Waals surface area contributed by atoms with Crippen molar-refractivity contribution in [2.45, 2.75) is 18.5 Å². The Morgan fingerprint density at radius 3 is 2.14 bits per heavy atom. The molecule has 182 valence electrons. The molecule has 4 rings (SSSR count). The van der Waals surface area contributed by atoms with Crippen LogP contribution in [0, 0.1) is 0 Å². The second-order valence-corrected chi connectivity index (χ2v) is 8.59. The summed E-state index contributed by atoms with van der Waals surface area (Å²) in [5.74, 6) is 0.698. The number of ether oxygens (including phenoxy) is 3. The third kappa shape index (κ3) is 4.54. The molecule has 2 atom stereocenters. The van der Waals surface area contributed by atoms with E-state index in [2.05, 4.69) is 0 Å². The van der Waals surface area contributed by atoms with Crippen LogP contribution in [0.25, 0.3) is 0 Å². The van der Waals surface area contributed by atoms with Gasteiger partial charge in [0.2, 0.25) is 5.91 Å². The Morgan fingerprint density at radius 2 is 1.54 bits per heavy atom. The van der Waals surface area contributed by atoms with Gasteiger partial charge in [0.05, 0.1) is 33.3 Å². The van der Waals surface area contributed by atoms with E-state index in [1.54, 1.807) is 50.2 Å². The molecule has 0 unspecified atom stereocenters. The number of methoxy groups -OCH3 is 3. The number of amides is 2. The number of rotatable bonds is 7. The number of nitrogens with zero attached hydrogens (tertiary/aromatic N) is 2. The van der Waals surface area contributed by atoms with E-state index in [1.807, 2.05) is 54.6 Å². The monoisotopic (exact) mass is 474 g/mol. The maximum atomic E-state index is 14.1. The minimum absolute atomic E-state index is 0.0949. The first kappa shape index (κ1) is 24.1. The van der Waals surface area contributed by atoms with Crippen LogP contribution in [0.5, 0.6) is 17.2 Å². The van der Waals surface area contributed by atoms with Gasteiger partial charge in [0.15, 0.2) is 11.5 Å². The number of likely N-dealkylation sites (N-methyl/N-ethyl adjacent to an activating group) is 2. The Labute approximate surface area is 205 Å². The smallest absolute Gasteiger partial charge is 0.254 e. The number of fused-ring (bicyclic) bond motifs is 1. The molecule has 1 aliphatic rings. The van der Waals surface area contributed by atoms with E-state index in [0.717, 1.165) is 11.1 Å². The molecule has 0 fully saturated rings. The number of carbonyl (C=O) groups is 2. The van der Waals surface area contributed by atoms with E-state index < -0.39 is 12.0 Å². The Hall–Kier alpha value is -4.00. The van der Waals surface area contributed by atoms with Crippen LogP contribution in [0.2, 0.25) is 0 Å². The van der Waals surface area contributed by atoms with Gasteiger partial charge in [0.25, 0.3) is 5.91 Å². The average Bonchev–Trinajstić information content (AvgIpc) is 2.90. The normalized spacial score (nSPS) is 16.9. The summed E-state index contributed by atoms with van der Waals surface area (Å²) in [5, 5.41) is 0. The molecule has 0 radical (unpaired) electrons. The van der Waals surface area contributed by atoms with E-state index in [1.165, 1.54) is 7.11 Å². The minimum Gasteiger partial charge on any atom is -0.497 e. The van der Waals surface area contributed by atoms with Crippen molar-refractivity contribution in [3.05, 3.63) is 89.0 Å². The highest BCUT2D eigenvalue weighted by Gasteiger charge is 2.44. The SMILES string of the molecule is COc1ccc([C@H]2[C@@H](C(=O)N(C)Cc3ccccc3)c3cc(OC)c(OC)cc3C(=O)N2C)cc1. The van der Waals surface area contributed by atoms with Crippen molar-refractivity contribution in [3.63, 3.8) is 0 Å². The highest BCUT2D eigenvalue weighted by Crippen LogP contribution is 2.46. The molecule has 0 saturated heterocycles. The van der Waals surface area contributed by atoms with Crippen LogP contribution in [0.3, 0.4) is 0 Å². The Bertz CT molecular complexity index is 1210. The van der Waals surface area contributed by atoms with Crippen molar-refractivity contribution in [3.8, 4) is 17.2 Å². The van der Waals surface area contributed by atoms with Gasteiger partial charge in [-0.3, -0.25) is 9.59 Å². The number of hydrogen-bond acceptors (Lipinski definition) is 5. The van der Waals surface area contributed by atoms with Crippen LogP contribution in [0.1, 0.15) is 39.0 Å². The van der Waals surface area contributed by atoms with Crippen LogP contribution in [0.4, 0.5) is 0 Å². The standard InChI is InChI=1S/C28H30N2O5/c1-29(17-18-9-7-6-8-10-18)28(32)25-21-15-23(34-4)24(35-5)16-22(21)27(31)30(2)26(25)19-11-13-20(33-3)14-12-19/h6-16,25-26H,17H2,1-5H3/t25-,26-/m0/s1. The third-order valence-corrected chi connectivity index (χ3v) is 6.54. The van der Waals surface area contributed by atoms with Gasteiger partial charge in [0.1, 0.15) is 5.75 Å². The Morgan fingerprint density at radius 1 is 0.914 bits per heavy atom. The van der Waals surface area contributed by atoms with Gasteiger partial charge in [0, 0.05) is 26.2 Å². The summed E-state index contributed by atoms with van der Waals surface area (Å²) in [7, 11) is 8.19. The molecule has 0 spiro atoms. The first-order valence-electron chi connectivity index (χ1n) is 11.4. The predicted molar refractivity (Wildman–Crippen MR) is 133 cm³/mol. The molecule has 0 saturated carbocycles. The van der Waals surface area contributed by atoms with Gasteiger partial charge in [-0.2, -0.15) is 0 Å². The summed E-state index contributed by atoms with van der Waals surface area (Å²) in [6, 6.07) is 20.2. The van der Waals surface area contributed by atoms with Gasteiger partial charge in [-0.1, -0.05) is 42.5 Å². The van der Waals surface area contributed by atoms with Crippen molar-refractivity contribution >= 4 is 11.8 Å². The molecule has 3 aromatic carbocycles. The lowest BCUT2D eigenvalue weighted by Crippen LogP contribution is -2.46. The van der Waals surface area contributed by atoms with Gasteiger partial charge < -0.3 is 24.0 Å². The van der Waals surface area contributed by atoms with E-state index in [0.29, 0.717) is 34.9 Å². The number of benzene rings is 3. The van der Waals surface area contributed by atoms with Gasteiger partial charge in [-0.15, -0.1) is 0 Å². The third-order valence-electron chi connectivity index (χ3n) is 6.54. The number of carbonyl (C=O) groups excluding carboxylic acids is 2. The molecular formula is C28H30N2O5. The zero-order valence-corrected chi connectivity index (χ0v) is 20.6. The molecule has 2 amide bonds. The van der Waals surface area contributed by atoms with Crippen LogP contribution >= 0.6 is 0 Å². The topological polar surface area (TPSA) is 68.3 Å². The summed E-state index contributed by atoms with van der Waals surface area (Å²) in [4.78, 5) is 30.9. The Kier molecular flexibility index (Phi) is 6.96. The molecule has 7 heteroatoms. The van der Waals surface area contributed by atoms with Crippen LogP contribution in [-0.4, -0.2) is 57.0 Å². The second-order valence-electron chi connectivity index (χ2n) is 8.59. The highest BCUT2D eigenvalue weighted by molar-refractivity contribution is 6.02. The average molecular weight is 475 g/mol.